The number of nitrogens with one attached hydrogen (secondary N) is 1. The van der Waals surface area contributed by atoms with Crippen molar-refractivity contribution in [2.75, 3.05) is 12.5 Å². The van der Waals surface area contributed by atoms with Crippen LogP contribution in [0, 0.1) is 10.1 Å². The molecule has 7 nitrogen and oxygen atoms in total. The van der Waals surface area contributed by atoms with Crippen molar-refractivity contribution >= 4 is 28.5 Å². The summed E-state index contributed by atoms with van der Waals surface area (Å²) in [6.45, 7) is 0. The van der Waals surface area contributed by atoms with Gasteiger partial charge in [0.15, 0.2) is 0 Å². The second-order valence-corrected chi connectivity index (χ2v) is 4.93. The molecule has 0 radical (unpaired) electrons. The van der Waals surface area contributed by atoms with Gasteiger partial charge in [-0.3, -0.25) is 20.5 Å². The molecule has 0 atom stereocenters. The van der Waals surface area contributed by atoms with Crippen LogP contribution in [0.15, 0.2) is 59.8 Å². The fourth-order valence-electron chi connectivity index (χ4n) is 2.29. The van der Waals surface area contributed by atoms with E-state index < -0.39 is 4.92 Å². The van der Waals surface area contributed by atoms with E-state index in [4.69, 9.17) is 4.74 Å². The molecule has 1 aromatic heterocycles. The lowest BCUT2D eigenvalue weighted by Gasteiger charge is -2.06. The Morgan fingerprint density at radius 3 is 2.88 bits per heavy atom. The first-order valence-corrected chi connectivity index (χ1v) is 7.14. The molecule has 0 saturated heterocycles. The second-order valence-electron chi connectivity index (χ2n) is 4.93. The molecule has 0 fully saturated rings. The largest absolute Gasteiger partial charge is 0.497 e. The number of nitrogens with zero attached hydrogens (tertiary/aromatic N) is 3. The minimum absolute atomic E-state index is 0.00683. The van der Waals surface area contributed by atoms with Gasteiger partial charge in [-0.25, -0.2) is 0 Å². The number of rotatable bonds is 5. The average Bonchev–Trinajstić information content (AvgIpc) is 2.61. The number of aromatic nitrogens is 1. The summed E-state index contributed by atoms with van der Waals surface area (Å²) in [7, 11) is 1.60. The number of para-hydroxylation sites is 1. The number of anilines is 1. The van der Waals surface area contributed by atoms with Gasteiger partial charge >= 0.3 is 0 Å². The molecule has 2 aromatic carbocycles. The molecule has 3 aromatic rings. The minimum atomic E-state index is -0.435. The fraction of sp³-hybridized carbons (Fsp3) is 0.0588. The van der Waals surface area contributed by atoms with Gasteiger partial charge in [0.25, 0.3) is 5.69 Å². The molecule has 0 aliphatic carbocycles. The van der Waals surface area contributed by atoms with E-state index in [2.05, 4.69) is 15.5 Å². The Bertz CT molecular complexity index is 925. The van der Waals surface area contributed by atoms with Crippen LogP contribution in [0.2, 0.25) is 0 Å². The quantitative estimate of drug-likeness (QED) is 0.440. The molecule has 0 spiro atoms. The average molecular weight is 322 g/mol. The Labute approximate surface area is 137 Å². The van der Waals surface area contributed by atoms with Gasteiger partial charge in [-0.05, 0) is 24.3 Å². The van der Waals surface area contributed by atoms with E-state index in [1.807, 2.05) is 18.2 Å². The lowest BCUT2D eigenvalue weighted by atomic mass is 10.2. The third-order valence-corrected chi connectivity index (χ3v) is 3.47. The molecule has 1 N–H and O–H groups in total. The first-order valence-electron chi connectivity index (χ1n) is 7.14. The number of methoxy groups -OCH3 is 1. The SMILES string of the molecule is COc1ccc2c(N/N=C/c3ccccc3[N+](=O)[O-])ccnc2c1. The van der Waals surface area contributed by atoms with Gasteiger partial charge in [0.1, 0.15) is 5.75 Å². The predicted molar refractivity (Wildman–Crippen MR) is 92.6 cm³/mol. The van der Waals surface area contributed by atoms with Crippen molar-refractivity contribution in [2.45, 2.75) is 0 Å². The van der Waals surface area contributed by atoms with Gasteiger partial charge in [-0.1, -0.05) is 12.1 Å². The maximum atomic E-state index is 11.0. The number of nitro benzene ring substituents is 1. The molecule has 0 aliphatic rings. The van der Waals surface area contributed by atoms with Crippen LogP contribution in [0.25, 0.3) is 10.9 Å². The summed E-state index contributed by atoms with van der Waals surface area (Å²) in [5, 5.41) is 16.0. The van der Waals surface area contributed by atoms with Crippen LogP contribution < -0.4 is 10.2 Å². The zero-order valence-corrected chi connectivity index (χ0v) is 12.8. The number of fused-ring (bicyclic) bond motifs is 1. The maximum absolute atomic E-state index is 11.0. The van der Waals surface area contributed by atoms with Crippen LogP contribution in [-0.2, 0) is 0 Å². The number of ether oxygens (including phenoxy) is 1. The molecular formula is C17H14N4O3. The Kier molecular flexibility index (Phi) is 4.33. The number of benzene rings is 2. The van der Waals surface area contributed by atoms with Crippen LogP contribution in [0.5, 0.6) is 5.75 Å². The van der Waals surface area contributed by atoms with Crippen LogP contribution >= 0.6 is 0 Å². The molecule has 1 heterocycles. The van der Waals surface area contributed by atoms with E-state index in [1.165, 1.54) is 12.3 Å². The predicted octanol–water partition coefficient (Wildman–Crippen LogP) is 3.60. The van der Waals surface area contributed by atoms with Crippen LogP contribution in [0.4, 0.5) is 11.4 Å². The zero-order valence-electron chi connectivity index (χ0n) is 12.8. The van der Waals surface area contributed by atoms with E-state index >= 15 is 0 Å². The standard InChI is InChI=1S/C17H14N4O3/c1-24-13-6-7-14-15(8-9-18-16(14)10-13)20-19-11-12-4-2-3-5-17(12)21(22)23/h2-11H,1H3,(H,18,20)/b19-11+. The Morgan fingerprint density at radius 2 is 2.08 bits per heavy atom. The Morgan fingerprint density at radius 1 is 1.25 bits per heavy atom. The smallest absolute Gasteiger partial charge is 0.278 e. The number of pyridine rings is 1. The molecular weight excluding hydrogens is 308 g/mol. The van der Waals surface area contributed by atoms with E-state index in [0.717, 1.165) is 22.3 Å². The van der Waals surface area contributed by atoms with Crippen LogP contribution in [-0.4, -0.2) is 23.2 Å². The normalized spacial score (nSPS) is 10.9. The highest BCUT2D eigenvalue weighted by Gasteiger charge is 2.10. The van der Waals surface area contributed by atoms with Crippen LogP contribution in [0.3, 0.4) is 0 Å². The lowest BCUT2D eigenvalue weighted by Crippen LogP contribution is -1.96. The Hall–Kier alpha value is -3.48. The van der Waals surface area contributed by atoms with Crippen molar-refractivity contribution in [3.63, 3.8) is 0 Å². The van der Waals surface area contributed by atoms with Gasteiger partial charge in [0.2, 0.25) is 0 Å². The van der Waals surface area contributed by atoms with E-state index in [1.54, 1.807) is 37.6 Å². The second kappa shape index (κ2) is 6.74. The van der Waals surface area contributed by atoms with Crippen molar-refractivity contribution in [2.24, 2.45) is 5.10 Å². The maximum Gasteiger partial charge on any atom is 0.278 e. The van der Waals surface area contributed by atoms with Gasteiger partial charge in [0, 0.05) is 23.7 Å². The van der Waals surface area contributed by atoms with Gasteiger partial charge < -0.3 is 4.74 Å². The molecule has 24 heavy (non-hydrogen) atoms. The van der Waals surface area contributed by atoms with E-state index in [0.29, 0.717) is 5.56 Å². The van der Waals surface area contributed by atoms with Crippen molar-refractivity contribution in [1.29, 1.82) is 0 Å². The van der Waals surface area contributed by atoms with Crippen molar-refractivity contribution < 1.29 is 9.66 Å². The first-order chi connectivity index (χ1) is 11.7. The van der Waals surface area contributed by atoms with Crippen molar-refractivity contribution in [1.82, 2.24) is 4.98 Å². The highest BCUT2D eigenvalue weighted by molar-refractivity contribution is 5.92. The van der Waals surface area contributed by atoms with Gasteiger partial charge in [-0.15, -0.1) is 0 Å². The number of nitro groups is 1. The fourth-order valence-corrected chi connectivity index (χ4v) is 2.29. The van der Waals surface area contributed by atoms with Gasteiger partial charge in [-0.2, -0.15) is 5.10 Å². The minimum Gasteiger partial charge on any atom is -0.497 e. The van der Waals surface area contributed by atoms with Crippen molar-refractivity contribution in [3.8, 4) is 5.75 Å². The van der Waals surface area contributed by atoms with E-state index in [-0.39, 0.29) is 5.69 Å². The highest BCUT2D eigenvalue weighted by Crippen LogP contribution is 2.25. The van der Waals surface area contributed by atoms with E-state index in [9.17, 15) is 10.1 Å². The van der Waals surface area contributed by atoms with Gasteiger partial charge in [0.05, 0.1) is 35.0 Å². The molecule has 0 unspecified atom stereocenters. The van der Waals surface area contributed by atoms with Crippen molar-refractivity contribution in [3.05, 3.63) is 70.4 Å². The molecule has 0 amide bonds. The Balaban J connectivity index is 1.87. The summed E-state index contributed by atoms with van der Waals surface area (Å²) in [5.74, 6) is 0.718. The molecule has 120 valence electrons. The first kappa shape index (κ1) is 15.4. The molecule has 0 bridgehead atoms. The molecule has 3 rings (SSSR count). The summed E-state index contributed by atoms with van der Waals surface area (Å²) < 4.78 is 5.18. The lowest BCUT2D eigenvalue weighted by molar-refractivity contribution is -0.385. The number of hydrogen-bond donors (Lipinski definition) is 1. The third-order valence-electron chi connectivity index (χ3n) is 3.47. The zero-order chi connectivity index (χ0) is 16.9. The molecule has 7 heteroatoms. The topological polar surface area (TPSA) is 89.6 Å². The summed E-state index contributed by atoms with van der Waals surface area (Å²) in [6, 6.07) is 13.7. The summed E-state index contributed by atoms with van der Waals surface area (Å²) in [4.78, 5) is 14.9. The monoisotopic (exact) mass is 322 g/mol. The summed E-state index contributed by atoms with van der Waals surface area (Å²) >= 11 is 0. The number of hydrazone groups is 1. The summed E-state index contributed by atoms with van der Waals surface area (Å²) in [6.07, 6.45) is 3.08. The summed E-state index contributed by atoms with van der Waals surface area (Å²) in [5.41, 5.74) is 4.85. The van der Waals surface area contributed by atoms with Crippen LogP contribution in [0.1, 0.15) is 5.56 Å². The highest BCUT2D eigenvalue weighted by atomic mass is 16.6. The molecule has 0 aliphatic heterocycles. The number of hydrogen-bond acceptors (Lipinski definition) is 6. The third kappa shape index (κ3) is 3.14. The molecule has 0 saturated carbocycles.